The van der Waals surface area contributed by atoms with Gasteiger partial charge in [0.05, 0.1) is 5.56 Å². The van der Waals surface area contributed by atoms with Crippen LogP contribution < -0.4 is 11.1 Å². The van der Waals surface area contributed by atoms with Gasteiger partial charge in [0.1, 0.15) is 5.00 Å². The van der Waals surface area contributed by atoms with E-state index in [9.17, 15) is 9.59 Å². The van der Waals surface area contributed by atoms with Crippen molar-refractivity contribution in [1.29, 1.82) is 0 Å². The number of primary amides is 1. The van der Waals surface area contributed by atoms with Gasteiger partial charge in [0.2, 0.25) is 5.91 Å². The van der Waals surface area contributed by atoms with Crippen molar-refractivity contribution < 1.29 is 9.59 Å². The van der Waals surface area contributed by atoms with Crippen molar-refractivity contribution in [2.45, 2.75) is 65.2 Å². The van der Waals surface area contributed by atoms with Crippen LogP contribution in [0.5, 0.6) is 0 Å². The van der Waals surface area contributed by atoms with Crippen molar-refractivity contribution in [3.63, 3.8) is 0 Å². The monoisotopic (exact) mass is 424 g/mol. The van der Waals surface area contributed by atoms with E-state index in [2.05, 4.69) is 45.1 Å². The highest BCUT2D eigenvalue weighted by atomic mass is 32.1. The molecule has 1 aliphatic carbocycles. The van der Waals surface area contributed by atoms with Crippen molar-refractivity contribution in [1.82, 2.24) is 0 Å². The normalized spacial score (nSPS) is 16.5. The lowest BCUT2D eigenvalue weighted by molar-refractivity contribution is -0.111. The lowest BCUT2D eigenvalue weighted by atomic mass is 9.84. The minimum atomic E-state index is -0.460. The van der Waals surface area contributed by atoms with Crippen molar-refractivity contribution >= 4 is 34.2 Å². The standard InChI is InChI=1S/C25H32N2O2S/c1-5-6-17-9-13-19-20(15-17)30-24(22(19)23(26)29)27-21(28)14-10-16-7-11-18(12-8-16)25(2,3)4/h7-8,10-12,14,17H,5-6,9,13,15H2,1-4H3,(H2,26,29)(H,27,28)/b14-10+. The van der Waals surface area contributed by atoms with Crippen LogP contribution in [0.4, 0.5) is 5.00 Å². The predicted molar refractivity (Wildman–Crippen MR) is 126 cm³/mol. The molecule has 0 fully saturated rings. The van der Waals surface area contributed by atoms with Gasteiger partial charge in [0, 0.05) is 11.0 Å². The Morgan fingerprint density at radius 3 is 2.53 bits per heavy atom. The first-order valence-corrected chi connectivity index (χ1v) is 11.5. The maximum Gasteiger partial charge on any atom is 0.251 e. The van der Waals surface area contributed by atoms with E-state index >= 15 is 0 Å². The molecular formula is C25H32N2O2S. The van der Waals surface area contributed by atoms with E-state index in [4.69, 9.17) is 5.73 Å². The number of anilines is 1. The molecular weight excluding hydrogens is 392 g/mol. The number of benzene rings is 1. The third kappa shape index (κ3) is 5.20. The highest BCUT2D eigenvalue weighted by molar-refractivity contribution is 7.17. The lowest BCUT2D eigenvalue weighted by Crippen LogP contribution is -2.19. The van der Waals surface area contributed by atoms with E-state index in [0.717, 1.165) is 30.4 Å². The molecule has 1 atom stereocenters. The summed E-state index contributed by atoms with van der Waals surface area (Å²) in [6.45, 7) is 8.72. The summed E-state index contributed by atoms with van der Waals surface area (Å²) in [7, 11) is 0. The number of fused-ring (bicyclic) bond motifs is 1. The Kier molecular flexibility index (Phi) is 6.81. The average molecular weight is 425 g/mol. The van der Waals surface area contributed by atoms with E-state index in [1.807, 2.05) is 12.1 Å². The zero-order valence-corrected chi connectivity index (χ0v) is 19.2. The minimum Gasteiger partial charge on any atom is -0.365 e. The van der Waals surface area contributed by atoms with Gasteiger partial charge >= 0.3 is 0 Å². The van der Waals surface area contributed by atoms with Gasteiger partial charge in [-0.3, -0.25) is 9.59 Å². The summed E-state index contributed by atoms with van der Waals surface area (Å²) in [5, 5.41) is 3.48. The summed E-state index contributed by atoms with van der Waals surface area (Å²) in [6, 6.07) is 8.19. The molecule has 2 amide bonds. The summed E-state index contributed by atoms with van der Waals surface area (Å²) in [6.07, 6.45) is 8.57. The van der Waals surface area contributed by atoms with Crippen LogP contribution in [-0.4, -0.2) is 11.8 Å². The van der Waals surface area contributed by atoms with Gasteiger partial charge < -0.3 is 11.1 Å². The Labute approximate surface area is 183 Å². The SMILES string of the molecule is CCCC1CCc2c(sc(NC(=O)/C=C/c3ccc(C(C)(C)C)cc3)c2C(N)=O)C1. The first-order valence-electron chi connectivity index (χ1n) is 10.7. The second kappa shape index (κ2) is 9.17. The first-order chi connectivity index (χ1) is 14.2. The molecule has 1 heterocycles. The third-order valence-corrected chi connectivity index (χ3v) is 6.92. The zero-order valence-electron chi connectivity index (χ0n) is 18.4. The Hall–Kier alpha value is -2.40. The summed E-state index contributed by atoms with van der Waals surface area (Å²) in [5.41, 5.74) is 9.51. The molecule has 4 nitrogen and oxygen atoms in total. The summed E-state index contributed by atoms with van der Waals surface area (Å²) >= 11 is 1.51. The number of hydrogen-bond acceptors (Lipinski definition) is 3. The van der Waals surface area contributed by atoms with Gasteiger partial charge in [-0.05, 0) is 53.4 Å². The summed E-state index contributed by atoms with van der Waals surface area (Å²) in [4.78, 5) is 25.8. The number of carbonyl (C=O) groups is 2. The number of nitrogens with two attached hydrogens (primary N) is 1. The molecule has 160 valence electrons. The molecule has 0 radical (unpaired) electrons. The Morgan fingerprint density at radius 1 is 1.23 bits per heavy atom. The van der Waals surface area contributed by atoms with E-state index in [1.165, 1.54) is 40.7 Å². The molecule has 5 heteroatoms. The van der Waals surface area contributed by atoms with E-state index in [-0.39, 0.29) is 11.3 Å². The zero-order chi connectivity index (χ0) is 21.9. The topological polar surface area (TPSA) is 72.2 Å². The second-order valence-corrected chi connectivity index (χ2v) is 10.3. The fourth-order valence-electron chi connectivity index (χ4n) is 4.08. The fourth-order valence-corrected chi connectivity index (χ4v) is 5.45. The molecule has 0 spiro atoms. The summed E-state index contributed by atoms with van der Waals surface area (Å²) in [5.74, 6) is -0.0546. The molecule has 0 saturated carbocycles. The smallest absolute Gasteiger partial charge is 0.251 e. The van der Waals surface area contributed by atoms with Gasteiger partial charge in [-0.25, -0.2) is 0 Å². The van der Waals surface area contributed by atoms with Gasteiger partial charge in [-0.15, -0.1) is 11.3 Å². The second-order valence-electron chi connectivity index (χ2n) is 9.16. The Morgan fingerprint density at radius 2 is 1.93 bits per heavy atom. The largest absolute Gasteiger partial charge is 0.365 e. The minimum absolute atomic E-state index is 0.0964. The maximum atomic E-state index is 12.5. The molecule has 0 aliphatic heterocycles. The van der Waals surface area contributed by atoms with Crippen LogP contribution in [0.1, 0.15) is 78.9 Å². The number of nitrogens with one attached hydrogen (secondary N) is 1. The van der Waals surface area contributed by atoms with Crippen LogP contribution in [0, 0.1) is 5.92 Å². The lowest BCUT2D eigenvalue weighted by Gasteiger charge is -2.21. The van der Waals surface area contributed by atoms with E-state index < -0.39 is 5.91 Å². The molecule has 1 aromatic carbocycles. The summed E-state index contributed by atoms with van der Waals surface area (Å²) < 4.78 is 0. The fraction of sp³-hybridized carbons (Fsp3) is 0.440. The maximum absolute atomic E-state index is 12.5. The number of rotatable bonds is 6. The Balaban J connectivity index is 1.73. The third-order valence-electron chi connectivity index (χ3n) is 5.75. The molecule has 3 rings (SSSR count). The number of carbonyl (C=O) groups excluding carboxylic acids is 2. The van der Waals surface area contributed by atoms with E-state index in [1.54, 1.807) is 6.08 Å². The molecule has 30 heavy (non-hydrogen) atoms. The predicted octanol–water partition coefficient (Wildman–Crippen LogP) is 5.70. The van der Waals surface area contributed by atoms with Gasteiger partial charge in [-0.1, -0.05) is 64.8 Å². The number of hydrogen-bond donors (Lipinski definition) is 2. The first kappa shape index (κ1) is 22.3. The van der Waals surface area contributed by atoms with Crippen LogP contribution in [0.3, 0.4) is 0 Å². The molecule has 1 aromatic heterocycles. The quantitative estimate of drug-likeness (QED) is 0.584. The van der Waals surface area contributed by atoms with Gasteiger partial charge in [0.15, 0.2) is 0 Å². The van der Waals surface area contributed by atoms with Gasteiger partial charge in [-0.2, -0.15) is 0 Å². The molecule has 0 saturated heterocycles. The highest BCUT2D eigenvalue weighted by Crippen LogP contribution is 2.40. The van der Waals surface area contributed by atoms with Crippen LogP contribution in [-0.2, 0) is 23.1 Å². The van der Waals surface area contributed by atoms with E-state index in [0.29, 0.717) is 16.5 Å². The molecule has 2 aromatic rings. The molecule has 3 N–H and O–H groups in total. The molecule has 1 aliphatic rings. The van der Waals surface area contributed by atoms with Crippen LogP contribution in [0.15, 0.2) is 30.3 Å². The average Bonchev–Trinajstić information content (AvgIpc) is 3.03. The number of thiophene rings is 1. The number of amides is 2. The van der Waals surface area contributed by atoms with Gasteiger partial charge in [0.25, 0.3) is 5.91 Å². The van der Waals surface area contributed by atoms with Crippen LogP contribution in [0.25, 0.3) is 6.08 Å². The van der Waals surface area contributed by atoms with Crippen molar-refractivity contribution in [2.75, 3.05) is 5.32 Å². The molecule has 0 bridgehead atoms. The van der Waals surface area contributed by atoms with Crippen molar-refractivity contribution in [3.8, 4) is 0 Å². The Bertz CT molecular complexity index is 949. The van der Waals surface area contributed by atoms with Crippen molar-refractivity contribution in [2.24, 2.45) is 11.7 Å². The van der Waals surface area contributed by atoms with Crippen molar-refractivity contribution in [3.05, 3.63) is 57.5 Å². The molecule has 1 unspecified atom stereocenters. The van der Waals surface area contributed by atoms with Crippen LogP contribution in [0.2, 0.25) is 0 Å². The van der Waals surface area contributed by atoms with Crippen LogP contribution >= 0.6 is 11.3 Å². The highest BCUT2D eigenvalue weighted by Gasteiger charge is 2.28.